The van der Waals surface area contributed by atoms with E-state index in [9.17, 15) is 0 Å². The Kier molecular flexibility index (Phi) is 6.63. The molecule has 5 aromatic rings. The Morgan fingerprint density at radius 1 is 0.914 bits per heavy atom. The van der Waals surface area contributed by atoms with Crippen LogP contribution in [-0.2, 0) is 12.2 Å². The second-order valence-electron chi connectivity index (χ2n) is 8.17. The first-order chi connectivity index (χ1) is 17.1. The SMILES string of the molecule is COc1ccccc1-c1noc(CSc2nnc(Cc3ccccc3)n2-c2ccc(C)c(C)c2)n1. The number of methoxy groups -OCH3 is 1. The van der Waals surface area contributed by atoms with Crippen LogP contribution in [0, 0.1) is 13.8 Å². The fourth-order valence-corrected chi connectivity index (χ4v) is 4.60. The molecule has 3 aromatic carbocycles. The van der Waals surface area contributed by atoms with E-state index < -0.39 is 0 Å². The van der Waals surface area contributed by atoms with Crippen LogP contribution in [0.3, 0.4) is 0 Å². The van der Waals surface area contributed by atoms with Gasteiger partial charge >= 0.3 is 0 Å². The van der Waals surface area contributed by atoms with Crippen molar-refractivity contribution in [3.8, 4) is 22.8 Å². The van der Waals surface area contributed by atoms with Gasteiger partial charge in [0.2, 0.25) is 11.7 Å². The van der Waals surface area contributed by atoms with E-state index in [4.69, 9.17) is 9.26 Å². The summed E-state index contributed by atoms with van der Waals surface area (Å²) in [5, 5.41) is 14.0. The number of para-hydroxylation sites is 1. The molecule has 0 amide bonds. The smallest absolute Gasteiger partial charge is 0.237 e. The summed E-state index contributed by atoms with van der Waals surface area (Å²) in [5.74, 6) is 3.06. The van der Waals surface area contributed by atoms with Gasteiger partial charge in [0.05, 0.1) is 18.4 Å². The van der Waals surface area contributed by atoms with Gasteiger partial charge in [-0.3, -0.25) is 4.57 Å². The number of ether oxygens (including phenoxy) is 1. The van der Waals surface area contributed by atoms with E-state index >= 15 is 0 Å². The zero-order valence-corrected chi connectivity index (χ0v) is 20.6. The maximum absolute atomic E-state index is 5.53. The standard InChI is InChI=1S/C27H25N5O2S/c1-18-13-14-21(15-19(18)2)32-24(16-20-9-5-4-6-10-20)29-30-27(32)35-17-25-28-26(31-34-25)22-11-7-8-12-23(22)33-3/h4-15H,16-17H2,1-3H3. The van der Waals surface area contributed by atoms with Gasteiger partial charge in [0, 0.05) is 12.1 Å². The molecule has 8 heteroatoms. The molecule has 35 heavy (non-hydrogen) atoms. The van der Waals surface area contributed by atoms with Crippen LogP contribution in [0.15, 0.2) is 82.5 Å². The van der Waals surface area contributed by atoms with E-state index in [0.717, 1.165) is 22.2 Å². The maximum atomic E-state index is 5.53. The fraction of sp³-hybridized carbons (Fsp3) is 0.185. The third-order valence-electron chi connectivity index (χ3n) is 5.79. The monoisotopic (exact) mass is 483 g/mol. The summed E-state index contributed by atoms with van der Waals surface area (Å²) in [6.45, 7) is 4.23. The van der Waals surface area contributed by atoms with Crippen molar-refractivity contribution < 1.29 is 9.26 Å². The fourth-order valence-electron chi connectivity index (χ4n) is 3.79. The summed E-state index contributed by atoms with van der Waals surface area (Å²) in [6, 6.07) is 24.3. The Balaban J connectivity index is 1.43. The van der Waals surface area contributed by atoms with Gasteiger partial charge < -0.3 is 9.26 Å². The summed E-state index contributed by atoms with van der Waals surface area (Å²) in [6.07, 6.45) is 0.680. The predicted octanol–water partition coefficient (Wildman–Crippen LogP) is 5.83. The van der Waals surface area contributed by atoms with Crippen molar-refractivity contribution in [2.24, 2.45) is 0 Å². The molecule has 0 N–H and O–H groups in total. The van der Waals surface area contributed by atoms with E-state index in [1.807, 2.05) is 42.5 Å². The quantitative estimate of drug-likeness (QED) is 0.257. The minimum Gasteiger partial charge on any atom is -0.496 e. The van der Waals surface area contributed by atoms with Crippen molar-refractivity contribution in [3.63, 3.8) is 0 Å². The maximum Gasteiger partial charge on any atom is 0.237 e. The Hall–Kier alpha value is -3.91. The first-order valence-corrected chi connectivity index (χ1v) is 12.3. The Bertz CT molecular complexity index is 1450. The van der Waals surface area contributed by atoms with Gasteiger partial charge in [0.1, 0.15) is 11.6 Å². The lowest BCUT2D eigenvalue weighted by Gasteiger charge is -2.12. The molecule has 0 radical (unpaired) electrons. The van der Waals surface area contributed by atoms with Crippen LogP contribution < -0.4 is 4.74 Å². The summed E-state index contributed by atoms with van der Waals surface area (Å²) in [4.78, 5) is 4.57. The van der Waals surface area contributed by atoms with Gasteiger partial charge in [-0.15, -0.1) is 10.2 Å². The van der Waals surface area contributed by atoms with Crippen LogP contribution in [0.1, 0.15) is 28.4 Å². The van der Waals surface area contributed by atoms with Gasteiger partial charge in [-0.2, -0.15) is 4.98 Å². The molecular weight excluding hydrogens is 458 g/mol. The zero-order chi connectivity index (χ0) is 24.2. The number of rotatable bonds is 8. The third kappa shape index (κ3) is 4.97. The highest BCUT2D eigenvalue weighted by Gasteiger charge is 2.18. The number of thioether (sulfide) groups is 1. The molecule has 0 fully saturated rings. The number of hydrogen-bond donors (Lipinski definition) is 0. The molecular formula is C27H25N5O2S. The van der Waals surface area contributed by atoms with Gasteiger partial charge in [0.25, 0.3) is 0 Å². The van der Waals surface area contributed by atoms with Crippen LogP contribution in [0.4, 0.5) is 0 Å². The lowest BCUT2D eigenvalue weighted by atomic mass is 10.1. The van der Waals surface area contributed by atoms with E-state index in [1.165, 1.54) is 28.5 Å². The first kappa shape index (κ1) is 22.9. The van der Waals surface area contributed by atoms with Crippen LogP contribution in [0.5, 0.6) is 5.75 Å². The minimum absolute atomic E-state index is 0.469. The van der Waals surface area contributed by atoms with E-state index in [0.29, 0.717) is 29.6 Å². The number of benzene rings is 3. The molecule has 0 atom stereocenters. The number of aryl methyl sites for hydroxylation is 2. The van der Waals surface area contributed by atoms with E-state index in [-0.39, 0.29) is 0 Å². The summed E-state index contributed by atoms with van der Waals surface area (Å²) in [5.41, 5.74) is 5.47. The summed E-state index contributed by atoms with van der Waals surface area (Å²) < 4.78 is 13.1. The molecule has 0 aliphatic carbocycles. The molecule has 176 valence electrons. The third-order valence-corrected chi connectivity index (χ3v) is 6.71. The molecule has 2 heterocycles. The Morgan fingerprint density at radius 3 is 2.51 bits per heavy atom. The number of nitrogens with zero attached hydrogens (tertiary/aromatic N) is 5. The van der Waals surface area contributed by atoms with E-state index in [2.05, 4.69) is 69.1 Å². The van der Waals surface area contributed by atoms with Crippen LogP contribution in [0.25, 0.3) is 17.1 Å². The number of aromatic nitrogens is 5. The minimum atomic E-state index is 0.469. The Labute approximate surface area is 208 Å². The van der Waals surface area contributed by atoms with Gasteiger partial charge in [-0.05, 0) is 54.8 Å². The predicted molar refractivity (Wildman–Crippen MR) is 136 cm³/mol. The summed E-state index contributed by atoms with van der Waals surface area (Å²) in [7, 11) is 1.63. The van der Waals surface area contributed by atoms with Crippen molar-refractivity contribution >= 4 is 11.8 Å². The largest absolute Gasteiger partial charge is 0.496 e. The van der Waals surface area contributed by atoms with Crippen molar-refractivity contribution in [2.45, 2.75) is 31.2 Å². The second-order valence-corrected chi connectivity index (χ2v) is 9.11. The first-order valence-electron chi connectivity index (χ1n) is 11.3. The van der Waals surface area contributed by atoms with Crippen LogP contribution >= 0.6 is 11.8 Å². The topological polar surface area (TPSA) is 78.9 Å². The lowest BCUT2D eigenvalue weighted by Crippen LogP contribution is -2.04. The molecule has 0 bridgehead atoms. The number of hydrogen-bond acceptors (Lipinski definition) is 7. The lowest BCUT2D eigenvalue weighted by molar-refractivity contribution is 0.390. The molecule has 0 spiro atoms. The van der Waals surface area contributed by atoms with Crippen LogP contribution in [0.2, 0.25) is 0 Å². The van der Waals surface area contributed by atoms with Crippen molar-refractivity contribution in [1.29, 1.82) is 0 Å². The average molecular weight is 484 g/mol. The van der Waals surface area contributed by atoms with Crippen molar-refractivity contribution in [1.82, 2.24) is 24.9 Å². The highest BCUT2D eigenvalue weighted by atomic mass is 32.2. The van der Waals surface area contributed by atoms with Gasteiger partial charge in [-0.1, -0.05) is 65.4 Å². The van der Waals surface area contributed by atoms with Crippen LogP contribution in [-0.4, -0.2) is 32.0 Å². The van der Waals surface area contributed by atoms with Gasteiger partial charge in [-0.25, -0.2) is 0 Å². The molecule has 0 unspecified atom stereocenters. The highest BCUT2D eigenvalue weighted by Crippen LogP contribution is 2.30. The highest BCUT2D eigenvalue weighted by molar-refractivity contribution is 7.98. The van der Waals surface area contributed by atoms with Crippen molar-refractivity contribution in [2.75, 3.05) is 7.11 Å². The average Bonchev–Trinajstić information content (AvgIpc) is 3.52. The normalized spacial score (nSPS) is 11.1. The molecule has 7 nitrogen and oxygen atoms in total. The molecule has 0 saturated heterocycles. The van der Waals surface area contributed by atoms with Crippen molar-refractivity contribution in [3.05, 3.63) is 101 Å². The molecule has 0 aliphatic rings. The molecule has 0 aliphatic heterocycles. The van der Waals surface area contributed by atoms with E-state index in [1.54, 1.807) is 7.11 Å². The molecule has 0 saturated carbocycles. The molecule has 5 rings (SSSR count). The molecule has 2 aromatic heterocycles. The second kappa shape index (κ2) is 10.1. The Morgan fingerprint density at radius 2 is 1.71 bits per heavy atom. The zero-order valence-electron chi connectivity index (χ0n) is 19.8. The summed E-state index contributed by atoms with van der Waals surface area (Å²) >= 11 is 1.52. The van der Waals surface area contributed by atoms with Gasteiger partial charge in [0.15, 0.2) is 5.16 Å².